The normalized spacial score (nSPS) is 35.2. The molecule has 0 heterocycles. The first-order chi connectivity index (χ1) is 8.24. The molecule has 0 aliphatic heterocycles. The zero-order valence-electron chi connectivity index (χ0n) is 10.5. The molecule has 0 bridgehead atoms. The second-order valence-electron chi connectivity index (χ2n) is 5.63. The standard InChI is InChI=1S/C15H21NO/c1-17-12-8-6-11(7-9-12)10-15(16)13-4-2-3-5-14(13)15/h6-9,13-14H,2-5,10,16H2,1H3. The van der Waals surface area contributed by atoms with Crippen molar-refractivity contribution in [3.8, 4) is 5.75 Å². The van der Waals surface area contributed by atoms with Gasteiger partial charge in [-0.1, -0.05) is 25.0 Å². The van der Waals surface area contributed by atoms with E-state index in [9.17, 15) is 0 Å². The minimum Gasteiger partial charge on any atom is -0.497 e. The molecule has 0 aromatic heterocycles. The summed E-state index contributed by atoms with van der Waals surface area (Å²) in [6.07, 6.45) is 6.48. The first-order valence-corrected chi connectivity index (χ1v) is 6.66. The van der Waals surface area contributed by atoms with Gasteiger partial charge < -0.3 is 10.5 Å². The molecule has 0 saturated heterocycles. The van der Waals surface area contributed by atoms with E-state index >= 15 is 0 Å². The number of ether oxygens (including phenoxy) is 1. The summed E-state index contributed by atoms with van der Waals surface area (Å²) in [6.45, 7) is 0. The van der Waals surface area contributed by atoms with E-state index in [0.717, 1.165) is 24.0 Å². The van der Waals surface area contributed by atoms with Crippen molar-refractivity contribution in [3.63, 3.8) is 0 Å². The Kier molecular flexibility index (Phi) is 2.62. The lowest BCUT2D eigenvalue weighted by atomic mass is 10.0. The third kappa shape index (κ3) is 1.85. The maximum absolute atomic E-state index is 6.57. The predicted molar refractivity (Wildman–Crippen MR) is 69.1 cm³/mol. The van der Waals surface area contributed by atoms with Crippen LogP contribution in [0.15, 0.2) is 24.3 Å². The number of fused-ring (bicyclic) bond motifs is 1. The van der Waals surface area contributed by atoms with Gasteiger partial charge in [-0.3, -0.25) is 0 Å². The topological polar surface area (TPSA) is 35.2 Å². The van der Waals surface area contributed by atoms with Crippen molar-refractivity contribution < 1.29 is 4.74 Å². The predicted octanol–water partition coefficient (Wildman–Crippen LogP) is 2.76. The van der Waals surface area contributed by atoms with Gasteiger partial charge in [0.15, 0.2) is 0 Å². The summed E-state index contributed by atoms with van der Waals surface area (Å²) in [6, 6.07) is 8.37. The molecule has 0 radical (unpaired) electrons. The zero-order valence-corrected chi connectivity index (χ0v) is 10.5. The maximum atomic E-state index is 6.57. The molecule has 2 unspecified atom stereocenters. The average molecular weight is 231 g/mol. The number of methoxy groups -OCH3 is 1. The van der Waals surface area contributed by atoms with Gasteiger partial charge in [-0.25, -0.2) is 0 Å². The molecule has 2 nitrogen and oxygen atoms in total. The van der Waals surface area contributed by atoms with Crippen molar-refractivity contribution in [3.05, 3.63) is 29.8 Å². The molecule has 2 aliphatic carbocycles. The van der Waals surface area contributed by atoms with E-state index in [1.54, 1.807) is 7.11 Å². The second-order valence-corrected chi connectivity index (χ2v) is 5.63. The molecule has 2 heteroatoms. The van der Waals surface area contributed by atoms with Crippen LogP contribution < -0.4 is 10.5 Å². The lowest BCUT2D eigenvalue weighted by molar-refractivity contribution is 0.414. The fraction of sp³-hybridized carbons (Fsp3) is 0.600. The van der Waals surface area contributed by atoms with Crippen LogP contribution in [0.2, 0.25) is 0 Å². The molecule has 92 valence electrons. The highest BCUT2D eigenvalue weighted by molar-refractivity contribution is 5.31. The van der Waals surface area contributed by atoms with Gasteiger partial charge in [0.2, 0.25) is 0 Å². The van der Waals surface area contributed by atoms with Gasteiger partial charge in [0.25, 0.3) is 0 Å². The van der Waals surface area contributed by atoms with Crippen LogP contribution in [0.4, 0.5) is 0 Å². The van der Waals surface area contributed by atoms with Crippen molar-refractivity contribution >= 4 is 0 Å². The maximum Gasteiger partial charge on any atom is 0.118 e. The van der Waals surface area contributed by atoms with E-state index in [1.807, 2.05) is 12.1 Å². The van der Waals surface area contributed by atoms with Crippen LogP contribution in [0.3, 0.4) is 0 Å². The fourth-order valence-electron chi connectivity index (χ4n) is 3.66. The molecule has 3 rings (SSSR count). The Morgan fingerprint density at radius 2 is 1.76 bits per heavy atom. The minimum absolute atomic E-state index is 0.102. The molecule has 2 N–H and O–H groups in total. The highest BCUT2D eigenvalue weighted by Crippen LogP contribution is 2.58. The lowest BCUT2D eigenvalue weighted by Gasteiger charge is -2.12. The van der Waals surface area contributed by atoms with E-state index < -0.39 is 0 Å². The first-order valence-electron chi connectivity index (χ1n) is 6.66. The Labute approximate surface area is 103 Å². The molecule has 2 atom stereocenters. The van der Waals surface area contributed by atoms with Gasteiger partial charge >= 0.3 is 0 Å². The average Bonchev–Trinajstić information content (AvgIpc) is 2.96. The Bertz CT molecular complexity index is 386. The summed E-state index contributed by atoms with van der Waals surface area (Å²) < 4.78 is 5.18. The molecule has 1 aromatic rings. The monoisotopic (exact) mass is 231 g/mol. The fourth-order valence-corrected chi connectivity index (χ4v) is 3.66. The Hall–Kier alpha value is -1.02. The van der Waals surface area contributed by atoms with Crippen molar-refractivity contribution in [2.24, 2.45) is 17.6 Å². The summed E-state index contributed by atoms with van der Waals surface area (Å²) >= 11 is 0. The number of nitrogens with two attached hydrogens (primary N) is 1. The summed E-state index contributed by atoms with van der Waals surface area (Å²) in [5.74, 6) is 2.50. The molecule has 2 fully saturated rings. The largest absolute Gasteiger partial charge is 0.497 e. The van der Waals surface area contributed by atoms with Crippen LogP contribution in [-0.4, -0.2) is 12.6 Å². The number of benzene rings is 1. The highest BCUT2D eigenvalue weighted by atomic mass is 16.5. The summed E-state index contributed by atoms with van der Waals surface area (Å²) in [5.41, 5.74) is 8.02. The van der Waals surface area contributed by atoms with Crippen LogP contribution in [0.25, 0.3) is 0 Å². The van der Waals surface area contributed by atoms with Crippen LogP contribution >= 0.6 is 0 Å². The molecular weight excluding hydrogens is 210 g/mol. The summed E-state index contributed by atoms with van der Waals surface area (Å²) in [7, 11) is 1.70. The van der Waals surface area contributed by atoms with Gasteiger partial charge in [0.1, 0.15) is 5.75 Å². The number of rotatable bonds is 3. The molecule has 0 amide bonds. The van der Waals surface area contributed by atoms with E-state index in [0.29, 0.717) is 0 Å². The SMILES string of the molecule is COc1ccc(CC2(N)C3CCCCC32)cc1. The van der Waals surface area contributed by atoms with Crippen molar-refractivity contribution in [2.75, 3.05) is 7.11 Å². The van der Waals surface area contributed by atoms with Crippen molar-refractivity contribution in [1.82, 2.24) is 0 Å². The Balaban J connectivity index is 1.70. The third-order valence-electron chi connectivity index (χ3n) is 4.71. The minimum atomic E-state index is 0.102. The molecule has 17 heavy (non-hydrogen) atoms. The van der Waals surface area contributed by atoms with Crippen molar-refractivity contribution in [1.29, 1.82) is 0 Å². The quantitative estimate of drug-likeness (QED) is 0.868. The molecular formula is C15H21NO. The summed E-state index contributed by atoms with van der Waals surface area (Å²) in [5, 5.41) is 0. The van der Waals surface area contributed by atoms with Crippen LogP contribution in [0.1, 0.15) is 31.2 Å². The van der Waals surface area contributed by atoms with Gasteiger partial charge in [-0.15, -0.1) is 0 Å². The Morgan fingerprint density at radius 1 is 1.18 bits per heavy atom. The van der Waals surface area contributed by atoms with E-state index in [-0.39, 0.29) is 5.54 Å². The first kappa shape index (κ1) is 11.1. The van der Waals surface area contributed by atoms with E-state index in [2.05, 4.69) is 12.1 Å². The van der Waals surface area contributed by atoms with E-state index in [1.165, 1.54) is 31.2 Å². The third-order valence-corrected chi connectivity index (χ3v) is 4.71. The van der Waals surface area contributed by atoms with Crippen molar-refractivity contribution in [2.45, 2.75) is 37.6 Å². The number of hydrogen-bond acceptors (Lipinski definition) is 2. The van der Waals surface area contributed by atoms with Crippen LogP contribution in [0, 0.1) is 11.8 Å². The lowest BCUT2D eigenvalue weighted by Crippen LogP contribution is -2.29. The zero-order chi connectivity index (χ0) is 11.9. The molecule has 0 spiro atoms. The van der Waals surface area contributed by atoms with Crippen LogP contribution in [-0.2, 0) is 6.42 Å². The van der Waals surface area contributed by atoms with Gasteiger partial charge in [0.05, 0.1) is 7.11 Å². The molecule has 2 aliphatic rings. The van der Waals surface area contributed by atoms with Gasteiger partial charge in [-0.05, 0) is 48.8 Å². The smallest absolute Gasteiger partial charge is 0.118 e. The number of hydrogen-bond donors (Lipinski definition) is 1. The Morgan fingerprint density at radius 3 is 2.29 bits per heavy atom. The van der Waals surface area contributed by atoms with E-state index in [4.69, 9.17) is 10.5 Å². The van der Waals surface area contributed by atoms with Crippen LogP contribution in [0.5, 0.6) is 5.75 Å². The molecule has 1 aromatic carbocycles. The second kappa shape index (κ2) is 4.02. The highest BCUT2D eigenvalue weighted by Gasteiger charge is 2.61. The van der Waals surface area contributed by atoms with Gasteiger partial charge in [0, 0.05) is 5.54 Å². The molecule has 2 saturated carbocycles. The van der Waals surface area contributed by atoms with Gasteiger partial charge in [-0.2, -0.15) is 0 Å². The summed E-state index contributed by atoms with van der Waals surface area (Å²) in [4.78, 5) is 0.